The highest BCUT2D eigenvalue weighted by Crippen LogP contribution is 2.29. The fourth-order valence-corrected chi connectivity index (χ4v) is 1.86. The normalized spacial score (nSPS) is 19.9. The molecule has 0 bridgehead atoms. The van der Waals surface area contributed by atoms with Gasteiger partial charge in [-0.3, -0.25) is 0 Å². The number of aliphatic hydroxyl groups is 1. The van der Waals surface area contributed by atoms with Gasteiger partial charge in [0, 0.05) is 0 Å². The summed E-state index contributed by atoms with van der Waals surface area (Å²) in [5.74, 6) is -0.194. The second-order valence-corrected chi connectivity index (χ2v) is 3.41. The first-order valence-electron chi connectivity index (χ1n) is 4.72. The van der Waals surface area contributed by atoms with Gasteiger partial charge < -0.3 is 9.84 Å². The molecular weight excluding hydrogens is 168 g/mol. The van der Waals surface area contributed by atoms with Crippen molar-refractivity contribution < 1.29 is 14.6 Å². The minimum Gasteiger partial charge on any atom is -0.515 e. The fraction of sp³-hybridized carbons (Fsp3) is 0.700. The van der Waals surface area contributed by atoms with Crippen LogP contribution in [0.25, 0.3) is 0 Å². The molecule has 1 rings (SSSR count). The van der Waals surface area contributed by atoms with Gasteiger partial charge >= 0.3 is 5.97 Å². The van der Waals surface area contributed by atoms with Crippen LogP contribution in [0.3, 0.4) is 0 Å². The molecule has 0 aliphatic heterocycles. The zero-order chi connectivity index (χ0) is 9.68. The van der Waals surface area contributed by atoms with Crippen LogP contribution < -0.4 is 0 Å². The van der Waals surface area contributed by atoms with E-state index in [0.717, 1.165) is 31.9 Å². The summed E-state index contributed by atoms with van der Waals surface area (Å²) < 4.78 is 4.59. The van der Waals surface area contributed by atoms with Gasteiger partial charge in [-0.15, -0.1) is 0 Å². The van der Waals surface area contributed by atoms with Crippen molar-refractivity contribution in [3.05, 3.63) is 11.8 Å². The van der Waals surface area contributed by atoms with Crippen molar-refractivity contribution in [2.75, 3.05) is 7.11 Å². The maximum atomic E-state index is 11.2. The molecule has 13 heavy (non-hydrogen) atoms. The maximum Gasteiger partial charge on any atom is 0.337 e. The van der Waals surface area contributed by atoms with E-state index in [-0.39, 0.29) is 5.92 Å². The molecular formula is C10H16O3. The van der Waals surface area contributed by atoms with E-state index < -0.39 is 5.97 Å². The van der Waals surface area contributed by atoms with Crippen molar-refractivity contribution in [3.8, 4) is 0 Å². The first kappa shape index (κ1) is 10.1. The molecule has 0 atom stereocenters. The monoisotopic (exact) mass is 184 g/mol. The standard InChI is InChI=1S/C10H16O3/c1-13-10(12)9(7-11)8-5-3-2-4-6-8/h7-8,11H,2-6H2,1H3. The van der Waals surface area contributed by atoms with E-state index in [4.69, 9.17) is 5.11 Å². The minimum absolute atomic E-state index is 0.200. The molecule has 0 heterocycles. The van der Waals surface area contributed by atoms with Gasteiger partial charge in [-0.25, -0.2) is 4.79 Å². The second kappa shape index (κ2) is 4.90. The van der Waals surface area contributed by atoms with Crippen LogP contribution in [0.5, 0.6) is 0 Å². The fourth-order valence-electron chi connectivity index (χ4n) is 1.86. The van der Waals surface area contributed by atoms with Gasteiger partial charge in [0.2, 0.25) is 0 Å². The van der Waals surface area contributed by atoms with Crippen molar-refractivity contribution in [3.63, 3.8) is 0 Å². The van der Waals surface area contributed by atoms with Crippen LogP contribution in [0.4, 0.5) is 0 Å². The Morgan fingerprint density at radius 3 is 2.46 bits per heavy atom. The highest BCUT2D eigenvalue weighted by Gasteiger charge is 2.23. The predicted molar refractivity (Wildman–Crippen MR) is 49.3 cm³/mol. The molecule has 3 heteroatoms. The number of rotatable bonds is 2. The predicted octanol–water partition coefficient (Wildman–Crippen LogP) is 2.18. The van der Waals surface area contributed by atoms with Gasteiger partial charge in [0.25, 0.3) is 0 Å². The summed E-state index contributed by atoms with van der Waals surface area (Å²) in [5.41, 5.74) is 0.433. The number of carbonyl (C=O) groups excluding carboxylic acids is 1. The highest BCUT2D eigenvalue weighted by molar-refractivity contribution is 5.88. The third-order valence-electron chi connectivity index (χ3n) is 2.61. The van der Waals surface area contributed by atoms with Crippen LogP contribution in [0.15, 0.2) is 11.8 Å². The van der Waals surface area contributed by atoms with Crippen LogP contribution in [-0.4, -0.2) is 18.2 Å². The van der Waals surface area contributed by atoms with Crippen LogP contribution in [0.2, 0.25) is 0 Å². The van der Waals surface area contributed by atoms with E-state index in [9.17, 15) is 4.79 Å². The Morgan fingerprint density at radius 2 is 2.00 bits per heavy atom. The summed E-state index contributed by atoms with van der Waals surface area (Å²) in [5, 5.41) is 8.92. The molecule has 0 amide bonds. The molecule has 0 aromatic rings. The van der Waals surface area contributed by atoms with Crippen LogP contribution >= 0.6 is 0 Å². The number of hydrogen-bond donors (Lipinski definition) is 1. The Balaban J connectivity index is 2.60. The van der Waals surface area contributed by atoms with Crippen LogP contribution in [0, 0.1) is 5.92 Å². The van der Waals surface area contributed by atoms with Gasteiger partial charge in [-0.2, -0.15) is 0 Å². The lowest BCUT2D eigenvalue weighted by Gasteiger charge is -2.21. The Bertz CT molecular complexity index is 202. The molecule has 0 saturated heterocycles. The van der Waals surface area contributed by atoms with E-state index in [1.807, 2.05) is 0 Å². The summed E-state index contributed by atoms with van der Waals surface area (Å²) in [7, 11) is 1.34. The lowest BCUT2D eigenvalue weighted by atomic mass is 9.84. The Hall–Kier alpha value is -0.990. The molecule has 3 nitrogen and oxygen atoms in total. The summed E-state index contributed by atoms with van der Waals surface area (Å²) in [6.07, 6.45) is 6.39. The minimum atomic E-state index is -0.394. The van der Waals surface area contributed by atoms with E-state index in [2.05, 4.69) is 4.74 Å². The molecule has 0 aromatic carbocycles. The van der Waals surface area contributed by atoms with Crippen molar-refractivity contribution in [2.45, 2.75) is 32.1 Å². The molecule has 0 unspecified atom stereocenters. The van der Waals surface area contributed by atoms with E-state index in [1.165, 1.54) is 13.5 Å². The quantitative estimate of drug-likeness (QED) is 0.406. The first-order valence-corrected chi connectivity index (χ1v) is 4.72. The topological polar surface area (TPSA) is 46.5 Å². The maximum absolute atomic E-state index is 11.2. The number of esters is 1. The SMILES string of the molecule is COC(=O)C(=CO)C1CCCCC1. The summed E-state index contributed by atoms with van der Waals surface area (Å²) in [6, 6.07) is 0. The van der Waals surface area contributed by atoms with Gasteiger partial charge in [0.1, 0.15) is 0 Å². The number of carbonyl (C=O) groups is 1. The lowest BCUT2D eigenvalue weighted by Crippen LogP contribution is -2.17. The number of hydrogen-bond acceptors (Lipinski definition) is 3. The van der Waals surface area contributed by atoms with Gasteiger partial charge in [-0.1, -0.05) is 19.3 Å². The molecule has 74 valence electrons. The number of ether oxygens (including phenoxy) is 1. The lowest BCUT2D eigenvalue weighted by molar-refractivity contribution is -0.137. The highest BCUT2D eigenvalue weighted by atomic mass is 16.5. The van der Waals surface area contributed by atoms with Gasteiger partial charge in [0.15, 0.2) is 0 Å². The number of methoxy groups -OCH3 is 1. The van der Waals surface area contributed by atoms with Gasteiger partial charge in [0.05, 0.1) is 18.9 Å². The van der Waals surface area contributed by atoms with E-state index in [1.54, 1.807) is 0 Å². The molecule has 1 N–H and O–H groups in total. The van der Waals surface area contributed by atoms with Crippen molar-refractivity contribution >= 4 is 5.97 Å². The second-order valence-electron chi connectivity index (χ2n) is 3.41. The molecule has 1 aliphatic carbocycles. The molecule has 0 spiro atoms. The first-order chi connectivity index (χ1) is 6.29. The van der Waals surface area contributed by atoms with Crippen molar-refractivity contribution in [1.29, 1.82) is 0 Å². The van der Waals surface area contributed by atoms with Crippen molar-refractivity contribution in [1.82, 2.24) is 0 Å². The molecule has 0 radical (unpaired) electrons. The summed E-state index contributed by atoms with van der Waals surface area (Å²) in [6.45, 7) is 0. The summed E-state index contributed by atoms with van der Waals surface area (Å²) >= 11 is 0. The molecule has 1 aliphatic rings. The Kier molecular flexibility index (Phi) is 3.80. The molecule has 0 aromatic heterocycles. The Labute approximate surface area is 78.4 Å². The number of aliphatic hydroxyl groups excluding tert-OH is 1. The summed E-state index contributed by atoms with van der Waals surface area (Å²) in [4.78, 5) is 11.2. The van der Waals surface area contributed by atoms with Crippen molar-refractivity contribution in [2.24, 2.45) is 5.92 Å². The van der Waals surface area contributed by atoms with Crippen LogP contribution in [0.1, 0.15) is 32.1 Å². The van der Waals surface area contributed by atoms with E-state index >= 15 is 0 Å². The average Bonchev–Trinajstić information content (AvgIpc) is 2.20. The Morgan fingerprint density at radius 1 is 1.38 bits per heavy atom. The molecule has 1 saturated carbocycles. The largest absolute Gasteiger partial charge is 0.515 e. The zero-order valence-corrected chi connectivity index (χ0v) is 7.95. The van der Waals surface area contributed by atoms with Gasteiger partial charge in [-0.05, 0) is 18.8 Å². The third kappa shape index (κ3) is 2.47. The van der Waals surface area contributed by atoms with E-state index in [0.29, 0.717) is 5.57 Å². The van der Waals surface area contributed by atoms with Crippen LogP contribution in [-0.2, 0) is 9.53 Å². The third-order valence-corrected chi connectivity index (χ3v) is 2.61. The smallest absolute Gasteiger partial charge is 0.337 e. The molecule has 1 fully saturated rings. The zero-order valence-electron chi connectivity index (χ0n) is 7.95. The average molecular weight is 184 g/mol.